The predicted octanol–water partition coefficient (Wildman–Crippen LogP) is 2.42. The Morgan fingerprint density at radius 3 is 2.67 bits per heavy atom. The number of nitrogens with zero attached hydrogens (tertiary/aromatic N) is 1. The van der Waals surface area contributed by atoms with Gasteiger partial charge in [0.25, 0.3) is 0 Å². The second-order valence-electron chi connectivity index (χ2n) is 4.67. The molecule has 0 bridgehead atoms. The van der Waals surface area contributed by atoms with Crippen LogP contribution in [0.3, 0.4) is 0 Å². The van der Waals surface area contributed by atoms with Crippen LogP contribution in [0.2, 0.25) is 5.02 Å². The summed E-state index contributed by atoms with van der Waals surface area (Å²) in [6.07, 6.45) is 2.65. The molecule has 0 fully saturated rings. The van der Waals surface area contributed by atoms with Crippen LogP contribution in [-0.2, 0) is 14.8 Å². The van der Waals surface area contributed by atoms with Crippen molar-refractivity contribution in [1.29, 1.82) is 0 Å². The summed E-state index contributed by atoms with van der Waals surface area (Å²) in [5.74, 6) is -0.271. The highest BCUT2D eigenvalue weighted by molar-refractivity contribution is 7.88. The van der Waals surface area contributed by atoms with Crippen LogP contribution in [0.4, 0.5) is 5.69 Å². The Bertz CT molecular complexity index is 629. The molecule has 0 saturated carbocycles. The number of carbonyl (C=O) groups is 1. The SMILES string of the molecule is C=CCN(CCC(=O)Nc1ccc(C)c(Cl)c1)S(C)(=O)=O. The minimum Gasteiger partial charge on any atom is -0.326 e. The molecule has 1 rings (SSSR count). The maximum Gasteiger partial charge on any atom is 0.225 e. The van der Waals surface area contributed by atoms with Crippen molar-refractivity contribution in [2.24, 2.45) is 0 Å². The Labute approximate surface area is 130 Å². The van der Waals surface area contributed by atoms with Gasteiger partial charge in [0.1, 0.15) is 0 Å². The van der Waals surface area contributed by atoms with Crippen LogP contribution >= 0.6 is 11.6 Å². The third-order valence-corrected chi connectivity index (χ3v) is 4.52. The van der Waals surface area contributed by atoms with E-state index in [0.717, 1.165) is 11.8 Å². The zero-order valence-electron chi connectivity index (χ0n) is 12.1. The zero-order valence-corrected chi connectivity index (χ0v) is 13.7. The number of anilines is 1. The first-order chi connectivity index (χ1) is 9.74. The van der Waals surface area contributed by atoms with Crippen LogP contribution < -0.4 is 5.32 Å². The molecular formula is C14H19ClN2O3S. The molecule has 7 heteroatoms. The van der Waals surface area contributed by atoms with Crippen molar-refractivity contribution in [3.63, 3.8) is 0 Å². The monoisotopic (exact) mass is 330 g/mol. The maximum atomic E-state index is 11.8. The third-order valence-electron chi connectivity index (χ3n) is 2.85. The molecule has 0 saturated heterocycles. The number of sulfonamides is 1. The van der Waals surface area contributed by atoms with Gasteiger partial charge in [0, 0.05) is 30.2 Å². The highest BCUT2D eigenvalue weighted by atomic mass is 35.5. The lowest BCUT2D eigenvalue weighted by molar-refractivity contribution is -0.116. The second-order valence-corrected chi connectivity index (χ2v) is 7.06. The van der Waals surface area contributed by atoms with Gasteiger partial charge < -0.3 is 5.32 Å². The van der Waals surface area contributed by atoms with Crippen LogP contribution in [0.15, 0.2) is 30.9 Å². The maximum absolute atomic E-state index is 11.8. The van der Waals surface area contributed by atoms with Crippen LogP contribution in [0, 0.1) is 6.92 Å². The van der Waals surface area contributed by atoms with Crippen LogP contribution in [-0.4, -0.2) is 38.0 Å². The number of aryl methyl sites for hydroxylation is 1. The van der Waals surface area contributed by atoms with Crippen molar-refractivity contribution in [1.82, 2.24) is 4.31 Å². The van der Waals surface area contributed by atoms with Gasteiger partial charge >= 0.3 is 0 Å². The molecule has 5 nitrogen and oxygen atoms in total. The molecular weight excluding hydrogens is 312 g/mol. The van der Waals surface area contributed by atoms with E-state index in [1.165, 1.54) is 10.4 Å². The molecule has 1 aromatic carbocycles. The zero-order chi connectivity index (χ0) is 16.0. The minimum absolute atomic E-state index is 0.0619. The summed E-state index contributed by atoms with van der Waals surface area (Å²) >= 11 is 5.98. The highest BCUT2D eigenvalue weighted by Crippen LogP contribution is 2.20. The van der Waals surface area contributed by atoms with Gasteiger partial charge in [0.05, 0.1) is 6.26 Å². The summed E-state index contributed by atoms with van der Waals surface area (Å²) in [5.41, 5.74) is 1.51. The van der Waals surface area contributed by atoms with Gasteiger partial charge in [-0.25, -0.2) is 8.42 Å². The highest BCUT2D eigenvalue weighted by Gasteiger charge is 2.16. The number of nitrogens with one attached hydrogen (secondary N) is 1. The van der Waals surface area contributed by atoms with Crippen molar-refractivity contribution >= 4 is 33.2 Å². The van der Waals surface area contributed by atoms with E-state index in [1.54, 1.807) is 18.2 Å². The number of hydrogen-bond donors (Lipinski definition) is 1. The number of halogens is 1. The van der Waals surface area contributed by atoms with E-state index in [1.807, 2.05) is 6.92 Å². The Balaban J connectivity index is 2.60. The molecule has 116 valence electrons. The number of carbonyl (C=O) groups excluding carboxylic acids is 1. The van der Waals surface area contributed by atoms with Gasteiger partial charge in [-0.15, -0.1) is 6.58 Å². The molecule has 1 N–H and O–H groups in total. The Kier molecular flexibility index (Phi) is 6.39. The molecule has 0 spiro atoms. The van der Waals surface area contributed by atoms with Gasteiger partial charge in [-0.2, -0.15) is 4.31 Å². The fourth-order valence-electron chi connectivity index (χ4n) is 1.66. The summed E-state index contributed by atoms with van der Waals surface area (Å²) < 4.78 is 24.2. The number of rotatable bonds is 7. The average Bonchev–Trinajstić information content (AvgIpc) is 2.37. The second kappa shape index (κ2) is 7.59. The van der Waals surface area contributed by atoms with Gasteiger partial charge in [0.15, 0.2) is 0 Å². The Morgan fingerprint density at radius 1 is 1.48 bits per heavy atom. The first-order valence-electron chi connectivity index (χ1n) is 6.36. The summed E-state index contributed by atoms with van der Waals surface area (Å²) in [4.78, 5) is 11.8. The lowest BCUT2D eigenvalue weighted by Gasteiger charge is -2.17. The fraction of sp³-hybridized carbons (Fsp3) is 0.357. The summed E-state index contributed by atoms with van der Waals surface area (Å²) in [6, 6.07) is 5.21. The van der Waals surface area contributed by atoms with Crippen molar-refractivity contribution in [2.45, 2.75) is 13.3 Å². The summed E-state index contributed by atoms with van der Waals surface area (Å²) in [5, 5.41) is 3.26. The molecule has 0 unspecified atom stereocenters. The van der Waals surface area contributed by atoms with E-state index >= 15 is 0 Å². The van der Waals surface area contributed by atoms with E-state index in [0.29, 0.717) is 10.7 Å². The molecule has 0 radical (unpaired) electrons. The lowest BCUT2D eigenvalue weighted by atomic mass is 10.2. The molecule has 1 amide bonds. The molecule has 0 aliphatic carbocycles. The number of benzene rings is 1. The van der Waals surface area contributed by atoms with E-state index in [4.69, 9.17) is 11.6 Å². The lowest BCUT2D eigenvalue weighted by Crippen LogP contribution is -2.33. The van der Waals surface area contributed by atoms with Crippen LogP contribution in [0.1, 0.15) is 12.0 Å². The van der Waals surface area contributed by atoms with E-state index < -0.39 is 10.0 Å². The first kappa shape index (κ1) is 17.7. The van der Waals surface area contributed by atoms with Crippen LogP contribution in [0.5, 0.6) is 0 Å². The Hall–Kier alpha value is -1.37. The average molecular weight is 331 g/mol. The smallest absolute Gasteiger partial charge is 0.225 e. The van der Waals surface area contributed by atoms with Crippen molar-refractivity contribution in [3.05, 3.63) is 41.4 Å². The number of amides is 1. The van der Waals surface area contributed by atoms with Crippen LogP contribution in [0.25, 0.3) is 0 Å². The topological polar surface area (TPSA) is 66.5 Å². The molecule has 0 heterocycles. The van der Waals surface area contributed by atoms with Crippen molar-refractivity contribution < 1.29 is 13.2 Å². The van der Waals surface area contributed by atoms with Crippen molar-refractivity contribution in [3.8, 4) is 0 Å². The third kappa shape index (κ3) is 5.87. The van der Waals surface area contributed by atoms with Crippen molar-refractivity contribution in [2.75, 3.05) is 24.7 Å². The quantitative estimate of drug-likeness (QED) is 0.781. The largest absolute Gasteiger partial charge is 0.326 e. The standard InChI is InChI=1S/C14H19ClN2O3S/c1-4-8-17(21(3,19)20)9-7-14(18)16-12-6-5-11(2)13(15)10-12/h4-6,10H,1,7-9H2,2-3H3,(H,16,18). The Morgan fingerprint density at radius 2 is 2.14 bits per heavy atom. The molecule has 0 aliphatic rings. The van der Waals surface area contributed by atoms with Gasteiger partial charge in [-0.05, 0) is 24.6 Å². The number of hydrogen-bond acceptors (Lipinski definition) is 3. The first-order valence-corrected chi connectivity index (χ1v) is 8.58. The fourth-order valence-corrected chi connectivity index (χ4v) is 2.64. The molecule has 1 aromatic rings. The molecule has 21 heavy (non-hydrogen) atoms. The summed E-state index contributed by atoms with van der Waals surface area (Å²) in [6.45, 7) is 5.66. The molecule has 0 aromatic heterocycles. The van der Waals surface area contributed by atoms with Gasteiger partial charge in [-0.1, -0.05) is 23.7 Å². The molecule has 0 atom stereocenters. The minimum atomic E-state index is -3.35. The predicted molar refractivity (Wildman–Crippen MR) is 86.0 cm³/mol. The van der Waals surface area contributed by atoms with Gasteiger partial charge in [-0.3, -0.25) is 4.79 Å². The summed E-state index contributed by atoms with van der Waals surface area (Å²) in [7, 11) is -3.35. The van der Waals surface area contributed by atoms with E-state index in [-0.39, 0.29) is 25.4 Å². The normalized spacial score (nSPS) is 11.4. The van der Waals surface area contributed by atoms with E-state index in [2.05, 4.69) is 11.9 Å². The van der Waals surface area contributed by atoms with E-state index in [9.17, 15) is 13.2 Å². The molecule has 0 aliphatic heterocycles. The van der Waals surface area contributed by atoms with Gasteiger partial charge in [0.2, 0.25) is 15.9 Å².